The number of methoxy groups -OCH3 is 1. The van der Waals surface area contributed by atoms with Crippen molar-refractivity contribution in [2.24, 2.45) is 28.2 Å². The molecule has 6 heterocycles. The number of nitrogens with zero attached hydrogens (tertiary/aromatic N) is 6. The smallest absolute Gasteiger partial charge is 0.324 e. The summed E-state index contributed by atoms with van der Waals surface area (Å²) in [4.78, 5) is 82.9. The zero-order chi connectivity index (χ0) is 47.6. The lowest BCUT2D eigenvalue weighted by molar-refractivity contribution is -0.155. The summed E-state index contributed by atoms with van der Waals surface area (Å²) in [5.74, 6) is 2.28. The number of ether oxygens (including phenoxy) is 2. The van der Waals surface area contributed by atoms with Gasteiger partial charge in [0.1, 0.15) is 18.1 Å². The first-order chi connectivity index (χ1) is 31.5. The van der Waals surface area contributed by atoms with Crippen LogP contribution in [0.25, 0.3) is 27.7 Å². The molecule has 3 aromatic rings. The van der Waals surface area contributed by atoms with Gasteiger partial charge in [-0.05, 0) is 88.3 Å². The van der Waals surface area contributed by atoms with Gasteiger partial charge in [0.25, 0.3) is 11.8 Å². The van der Waals surface area contributed by atoms with Gasteiger partial charge in [-0.3, -0.25) is 34.0 Å². The van der Waals surface area contributed by atoms with Crippen LogP contribution in [0.15, 0.2) is 34.3 Å². The number of benzene rings is 1. The van der Waals surface area contributed by atoms with Crippen LogP contribution in [0.5, 0.6) is 0 Å². The third kappa shape index (κ3) is 9.99. The number of aromatic nitrogens is 2. The lowest BCUT2D eigenvalue weighted by Gasteiger charge is -2.37. The second-order valence-electron chi connectivity index (χ2n) is 19.4. The highest BCUT2D eigenvalue weighted by Crippen LogP contribution is 2.42. The number of thiazole rings is 1. The van der Waals surface area contributed by atoms with Crippen molar-refractivity contribution < 1.29 is 33.4 Å². The number of likely N-dealkylation sites (N-methyl/N-ethyl adjacent to an activating group) is 1. The van der Waals surface area contributed by atoms with E-state index in [1.165, 1.54) is 21.2 Å². The van der Waals surface area contributed by atoms with Gasteiger partial charge in [-0.15, -0.1) is 11.3 Å². The number of hydrogen-bond donors (Lipinski definition) is 2. The van der Waals surface area contributed by atoms with E-state index < -0.39 is 47.2 Å². The van der Waals surface area contributed by atoms with Gasteiger partial charge in [-0.2, -0.15) is 0 Å². The summed E-state index contributed by atoms with van der Waals surface area (Å²) in [7, 11) is 3.32. The zero-order valence-corrected chi connectivity index (χ0v) is 41.0. The Morgan fingerprint density at radius 1 is 1.17 bits per heavy atom. The standard InChI is InChI=1S/C50H66N8O7S/c1-11-15-42(59)56-25-30(5)36(26-56)47(61)55(9)44(29(3)4)46(60)53-38-23-41-52-39(27-66-41)32-18-19-40-34(22-32)35(45(57(40)12-2)33-16-13-20-51-43(33)31(6)64-10)24-50(7,8)28-65-49(63)37-17-14-21-58(54-37)48(38)62/h18-20,22,27,29-31,36-38,44,54H,12-14,16-17,21,23-26,28H2,1-10H3,(H,53,60)/t30-,31-,36+,37-,38-,44-/m0/s1. The van der Waals surface area contributed by atoms with E-state index in [4.69, 9.17) is 19.5 Å². The van der Waals surface area contributed by atoms with Crippen LogP contribution in [0.2, 0.25) is 0 Å². The van der Waals surface area contributed by atoms with Crippen LogP contribution in [0.3, 0.4) is 0 Å². The van der Waals surface area contributed by atoms with Crippen molar-refractivity contribution in [2.75, 3.05) is 40.4 Å². The predicted octanol–water partition coefficient (Wildman–Crippen LogP) is 5.64. The van der Waals surface area contributed by atoms with Gasteiger partial charge >= 0.3 is 5.97 Å². The monoisotopic (exact) mass is 922 g/mol. The second kappa shape index (κ2) is 20.2. The second-order valence-corrected chi connectivity index (χ2v) is 20.3. The molecule has 0 radical (unpaired) electrons. The summed E-state index contributed by atoms with van der Waals surface area (Å²) in [5, 5.41) is 8.16. The van der Waals surface area contributed by atoms with Crippen molar-refractivity contribution in [3.8, 4) is 23.1 Å². The Hall–Kier alpha value is -5.37. The highest BCUT2D eigenvalue weighted by molar-refractivity contribution is 7.10. The molecule has 0 spiro atoms. The number of rotatable bonds is 9. The molecule has 354 valence electrons. The molecule has 6 bridgehead atoms. The topological polar surface area (TPSA) is 168 Å². The number of carbonyl (C=O) groups excluding carboxylic acids is 5. The summed E-state index contributed by atoms with van der Waals surface area (Å²) in [6.45, 7) is 17.4. The lowest BCUT2D eigenvalue weighted by atomic mass is 9.83. The normalized spacial score (nSPS) is 23.3. The summed E-state index contributed by atoms with van der Waals surface area (Å²) in [5.41, 5.74) is 9.74. The van der Waals surface area contributed by atoms with E-state index in [0.717, 1.165) is 64.1 Å². The number of nitrogens with one attached hydrogen (secondary N) is 2. The SMILES string of the molecule is CC#CC(=O)N1C[C@H](C)[C@H](C(=O)N(C)[C@H](C(=O)N[C@H]2Cc3nc(cs3)-c3ccc4c(c3)c(c(C3=C([C@H](C)OC)N=CCC3)n4CC)CC(C)(C)COC(=O)[C@@H]3CCCN(N3)C2=O)C(C)C)C1. The maximum absolute atomic E-state index is 14.7. The molecule has 7 rings (SSSR count). The summed E-state index contributed by atoms with van der Waals surface area (Å²) < 4.78 is 14.3. The van der Waals surface area contributed by atoms with Crippen molar-refractivity contribution >= 4 is 63.6 Å². The van der Waals surface area contributed by atoms with Gasteiger partial charge in [0.2, 0.25) is 11.8 Å². The number of fused-ring (bicyclic) bond motifs is 6. The molecular formula is C50H66N8O7S. The maximum atomic E-state index is 14.7. The molecule has 4 amide bonds. The molecular weight excluding hydrogens is 857 g/mol. The van der Waals surface area contributed by atoms with E-state index in [-0.39, 0.29) is 49.3 Å². The minimum absolute atomic E-state index is 0.0768. The number of allylic oxidation sites excluding steroid dienone is 1. The van der Waals surface area contributed by atoms with Gasteiger partial charge < -0.3 is 29.2 Å². The number of hydrogen-bond acceptors (Lipinski definition) is 11. The molecule has 0 unspecified atom stereocenters. The van der Waals surface area contributed by atoms with Crippen molar-refractivity contribution in [2.45, 2.75) is 125 Å². The number of aryl methyl sites for hydroxylation is 1. The Labute approximate surface area is 392 Å². The molecule has 4 aliphatic heterocycles. The van der Waals surface area contributed by atoms with E-state index in [0.29, 0.717) is 37.4 Å². The van der Waals surface area contributed by atoms with Crippen LogP contribution in [-0.4, -0.2) is 125 Å². The van der Waals surface area contributed by atoms with E-state index >= 15 is 0 Å². The summed E-state index contributed by atoms with van der Waals surface area (Å²) >= 11 is 1.41. The first-order valence-corrected chi connectivity index (χ1v) is 24.3. The fraction of sp³-hybridized carbons (Fsp3) is 0.580. The molecule has 15 nitrogen and oxygen atoms in total. The van der Waals surface area contributed by atoms with Gasteiger partial charge in [0.15, 0.2) is 0 Å². The van der Waals surface area contributed by atoms with Crippen LogP contribution >= 0.6 is 11.3 Å². The minimum atomic E-state index is -1.09. The molecule has 16 heteroatoms. The minimum Gasteiger partial charge on any atom is -0.464 e. The highest BCUT2D eigenvalue weighted by Gasteiger charge is 2.43. The van der Waals surface area contributed by atoms with E-state index in [1.807, 2.05) is 39.3 Å². The molecule has 1 aromatic carbocycles. The van der Waals surface area contributed by atoms with Gasteiger partial charge in [-0.1, -0.05) is 46.6 Å². The molecule has 4 aliphatic rings. The van der Waals surface area contributed by atoms with E-state index in [1.54, 1.807) is 26.0 Å². The molecule has 2 N–H and O–H groups in total. The molecule has 2 saturated heterocycles. The number of carbonyl (C=O) groups is 5. The Morgan fingerprint density at radius 2 is 1.94 bits per heavy atom. The maximum Gasteiger partial charge on any atom is 0.324 e. The molecule has 66 heavy (non-hydrogen) atoms. The van der Waals surface area contributed by atoms with Crippen LogP contribution in [0.4, 0.5) is 0 Å². The largest absolute Gasteiger partial charge is 0.464 e. The average Bonchev–Trinajstić information content (AvgIpc) is 4.02. The Bertz CT molecular complexity index is 2490. The fourth-order valence-electron chi connectivity index (χ4n) is 10.0. The average molecular weight is 923 g/mol. The Balaban J connectivity index is 1.26. The zero-order valence-electron chi connectivity index (χ0n) is 40.2. The van der Waals surface area contributed by atoms with Gasteiger partial charge in [-0.25, -0.2) is 10.4 Å². The van der Waals surface area contributed by atoms with Crippen molar-refractivity contribution in [1.29, 1.82) is 0 Å². The highest BCUT2D eigenvalue weighted by atomic mass is 32.1. The van der Waals surface area contributed by atoms with Crippen LogP contribution in [0.1, 0.15) is 97.3 Å². The quantitative estimate of drug-likeness (QED) is 0.204. The van der Waals surface area contributed by atoms with Crippen LogP contribution < -0.4 is 10.7 Å². The summed E-state index contributed by atoms with van der Waals surface area (Å²) in [6, 6.07) is 3.63. The molecule has 6 atom stereocenters. The number of cyclic esters (lactones) is 1. The number of hydrazine groups is 1. The Kier molecular flexibility index (Phi) is 14.9. The predicted molar refractivity (Wildman–Crippen MR) is 256 cm³/mol. The number of amides is 4. The fourth-order valence-corrected chi connectivity index (χ4v) is 10.9. The molecule has 0 saturated carbocycles. The van der Waals surface area contributed by atoms with Crippen LogP contribution in [0, 0.1) is 35.0 Å². The summed E-state index contributed by atoms with van der Waals surface area (Å²) in [6.07, 6.45) is 5.08. The van der Waals surface area contributed by atoms with E-state index in [2.05, 4.69) is 66.1 Å². The Morgan fingerprint density at radius 3 is 2.65 bits per heavy atom. The first kappa shape index (κ1) is 48.6. The van der Waals surface area contributed by atoms with Gasteiger partial charge in [0, 0.05) is 85.8 Å². The van der Waals surface area contributed by atoms with Crippen LogP contribution in [-0.2, 0) is 52.8 Å². The molecule has 2 aromatic heterocycles. The van der Waals surface area contributed by atoms with Gasteiger partial charge in [0.05, 0.1) is 40.7 Å². The van der Waals surface area contributed by atoms with Crippen molar-refractivity contribution in [1.82, 2.24) is 35.1 Å². The number of aliphatic imine (C=N–C) groups is 1. The van der Waals surface area contributed by atoms with Crippen molar-refractivity contribution in [3.05, 3.63) is 45.5 Å². The van der Waals surface area contributed by atoms with E-state index in [9.17, 15) is 24.0 Å². The first-order valence-electron chi connectivity index (χ1n) is 23.4. The molecule has 2 fully saturated rings. The number of likely N-dealkylation sites (tertiary alicyclic amines) is 1. The van der Waals surface area contributed by atoms with Crippen molar-refractivity contribution in [3.63, 3.8) is 0 Å². The lowest BCUT2D eigenvalue weighted by Crippen LogP contribution is -2.62. The molecule has 0 aliphatic carbocycles. The third-order valence-corrected chi connectivity index (χ3v) is 14.4. The number of esters is 1. The third-order valence-electron chi connectivity index (χ3n) is 13.5.